The van der Waals surface area contributed by atoms with Crippen molar-refractivity contribution >= 4 is 28.6 Å². The lowest BCUT2D eigenvalue weighted by atomic mass is 9.91. The Bertz CT molecular complexity index is 1210. The van der Waals surface area contributed by atoms with Crippen LogP contribution in [0.1, 0.15) is 44.1 Å². The molecule has 1 saturated carbocycles. The minimum atomic E-state index is 0.137. The second-order valence-corrected chi connectivity index (χ2v) is 9.87. The number of aryl methyl sites for hydroxylation is 1. The Morgan fingerprint density at radius 2 is 1.72 bits per heavy atom. The van der Waals surface area contributed by atoms with Crippen LogP contribution < -0.4 is 25.0 Å². The van der Waals surface area contributed by atoms with Crippen molar-refractivity contribution in [1.29, 1.82) is 0 Å². The van der Waals surface area contributed by atoms with Gasteiger partial charge < -0.3 is 25.0 Å². The zero-order valence-corrected chi connectivity index (χ0v) is 21.1. The van der Waals surface area contributed by atoms with Crippen molar-refractivity contribution in [1.82, 2.24) is 15.3 Å². The molecule has 2 aliphatic rings. The van der Waals surface area contributed by atoms with Crippen LogP contribution in [-0.2, 0) is 11.2 Å². The van der Waals surface area contributed by atoms with Gasteiger partial charge in [-0.1, -0.05) is 18.2 Å². The summed E-state index contributed by atoms with van der Waals surface area (Å²) in [6.45, 7) is 1.18. The van der Waals surface area contributed by atoms with Crippen molar-refractivity contribution in [2.75, 3.05) is 37.5 Å². The van der Waals surface area contributed by atoms with Crippen LogP contribution in [0.15, 0.2) is 42.5 Å². The fraction of sp³-hybridized carbons (Fsp3) is 0.464. The molecule has 8 nitrogen and oxygen atoms in total. The van der Waals surface area contributed by atoms with E-state index < -0.39 is 0 Å². The SMILES string of the molecule is CN(C)c1nc(N[C@H]2CC[C@@H](NC(=O)CCCc3ccc4c(c3)OCCO4)CC2)nc2ccccc12. The maximum Gasteiger partial charge on any atom is 0.225 e. The second kappa shape index (κ2) is 11.0. The lowest BCUT2D eigenvalue weighted by Crippen LogP contribution is -2.40. The first-order chi connectivity index (χ1) is 17.5. The Hall–Kier alpha value is -3.55. The van der Waals surface area contributed by atoms with Gasteiger partial charge in [0.05, 0.1) is 5.52 Å². The van der Waals surface area contributed by atoms with E-state index in [1.54, 1.807) is 0 Å². The number of benzene rings is 2. The summed E-state index contributed by atoms with van der Waals surface area (Å²) in [4.78, 5) is 24.1. The number of carbonyl (C=O) groups is 1. The molecular formula is C28H35N5O3. The number of rotatable bonds is 8. The largest absolute Gasteiger partial charge is 0.486 e. The van der Waals surface area contributed by atoms with Gasteiger partial charge in [0.2, 0.25) is 11.9 Å². The molecule has 190 valence electrons. The van der Waals surface area contributed by atoms with Crippen LogP contribution in [0.4, 0.5) is 11.8 Å². The van der Waals surface area contributed by atoms with E-state index in [1.165, 1.54) is 5.56 Å². The molecule has 5 rings (SSSR count). The van der Waals surface area contributed by atoms with Crippen LogP contribution in [0.25, 0.3) is 10.9 Å². The van der Waals surface area contributed by atoms with E-state index in [4.69, 9.17) is 19.4 Å². The van der Waals surface area contributed by atoms with Gasteiger partial charge in [0.25, 0.3) is 0 Å². The molecule has 1 aliphatic heterocycles. The highest BCUT2D eigenvalue weighted by Gasteiger charge is 2.23. The monoisotopic (exact) mass is 489 g/mol. The average Bonchev–Trinajstić information content (AvgIpc) is 2.89. The minimum Gasteiger partial charge on any atom is -0.486 e. The molecule has 8 heteroatoms. The first-order valence-corrected chi connectivity index (χ1v) is 12.9. The fourth-order valence-electron chi connectivity index (χ4n) is 5.03. The normalized spacial score (nSPS) is 19.1. The standard InChI is InChI=1S/C28H35N5O3/c1-33(2)27-22-7-3-4-8-23(22)31-28(32-27)30-21-13-11-20(12-14-21)29-26(34)9-5-6-19-10-15-24-25(18-19)36-17-16-35-24/h3-4,7-8,10,15,18,20-21H,5-6,9,11-14,16-17H2,1-2H3,(H,29,34)(H,30,31,32)/t20-,21+. The Labute approximate surface area is 212 Å². The molecule has 0 radical (unpaired) electrons. The highest BCUT2D eigenvalue weighted by atomic mass is 16.6. The van der Waals surface area contributed by atoms with E-state index in [2.05, 4.69) is 22.8 Å². The van der Waals surface area contributed by atoms with Gasteiger partial charge in [-0.2, -0.15) is 4.98 Å². The minimum absolute atomic E-state index is 0.137. The van der Waals surface area contributed by atoms with Gasteiger partial charge in [-0.3, -0.25) is 4.79 Å². The summed E-state index contributed by atoms with van der Waals surface area (Å²) in [6, 6.07) is 14.7. The number of amides is 1. The van der Waals surface area contributed by atoms with Gasteiger partial charge in [0, 0.05) is 38.0 Å². The Balaban J connectivity index is 1.07. The van der Waals surface area contributed by atoms with Crippen molar-refractivity contribution in [2.45, 2.75) is 57.0 Å². The lowest BCUT2D eigenvalue weighted by molar-refractivity contribution is -0.122. The quantitative estimate of drug-likeness (QED) is 0.487. The van der Waals surface area contributed by atoms with Crippen LogP contribution in [-0.4, -0.2) is 55.3 Å². The first kappa shape index (κ1) is 24.2. The topological polar surface area (TPSA) is 88.6 Å². The first-order valence-electron chi connectivity index (χ1n) is 12.9. The molecule has 1 aromatic heterocycles. The number of carbonyl (C=O) groups excluding carboxylic acids is 1. The lowest BCUT2D eigenvalue weighted by Gasteiger charge is -2.30. The van der Waals surface area contributed by atoms with Crippen LogP contribution in [0.5, 0.6) is 11.5 Å². The van der Waals surface area contributed by atoms with Crippen LogP contribution in [0, 0.1) is 0 Å². The summed E-state index contributed by atoms with van der Waals surface area (Å²) in [5.41, 5.74) is 2.11. The molecule has 0 bridgehead atoms. The third-order valence-corrected chi connectivity index (χ3v) is 6.91. The number of nitrogens with one attached hydrogen (secondary N) is 2. The molecule has 0 saturated heterocycles. The van der Waals surface area contributed by atoms with E-state index in [9.17, 15) is 4.79 Å². The molecule has 0 unspecified atom stereocenters. The molecule has 1 aliphatic carbocycles. The molecule has 0 spiro atoms. The molecule has 1 amide bonds. The zero-order valence-electron chi connectivity index (χ0n) is 21.1. The number of hydrogen-bond acceptors (Lipinski definition) is 7. The van der Waals surface area contributed by atoms with Crippen molar-refractivity contribution in [3.8, 4) is 11.5 Å². The fourth-order valence-corrected chi connectivity index (χ4v) is 5.03. The van der Waals surface area contributed by atoms with E-state index in [0.29, 0.717) is 31.6 Å². The van der Waals surface area contributed by atoms with Crippen molar-refractivity contribution in [3.05, 3.63) is 48.0 Å². The van der Waals surface area contributed by atoms with Crippen LogP contribution >= 0.6 is 0 Å². The van der Waals surface area contributed by atoms with E-state index in [1.807, 2.05) is 49.3 Å². The Morgan fingerprint density at radius 1 is 0.972 bits per heavy atom. The van der Waals surface area contributed by atoms with E-state index in [0.717, 1.165) is 66.7 Å². The third-order valence-electron chi connectivity index (χ3n) is 6.91. The number of para-hydroxylation sites is 1. The third kappa shape index (κ3) is 5.80. The molecule has 1 fully saturated rings. The maximum absolute atomic E-state index is 12.5. The maximum atomic E-state index is 12.5. The molecule has 3 aromatic rings. The van der Waals surface area contributed by atoms with Gasteiger partial charge in [-0.25, -0.2) is 4.98 Å². The van der Waals surface area contributed by atoms with E-state index >= 15 is 0 Å². The summed E-state index contributed by atoms with van der Waals surface area (Å²) in [6.07, 6.45) is 6.08. The van der Waals surface area contributed by atoms with Crippen molar-refractivity contribution in [3.63, 3.8) is 0 Å². The van der Waals surface area contributed by atoms with Gasteiger partial charge in [-0.05, 0) is 68.4 Å². The number of aromatic nitrogens is 2. The summed E-state index contributed by atoms with van der Waals surface area (Å²) in [7, 11) is 4.01. The van der Waals surface area contributed by atoms with Gasteiger partial charge in [-0.15, -0.1) is 0 Å². The van der Waals surface area contributed by atoms with Crippen molar-refractivity contribution in [2.24, 2.45) is 0 Å². The van der Waals surface area contributed by atoms with Gasteiger partial charge >= 0.3 is 0 Å². The molecule has 0 atom stereocenters. The summed E-state index contributed by atoms with van der Waals surface area (Å²) in [5, 5.41) is 7.82. The molecule has 2 aromatic carbocycles. The number of nitrogens with zero attached hydrogens (tertiary/aromatic N) is 3. The van der Waals surface area contributed by atoms with Gasteiger partial charge in [0.15, 0.2) is 11.5 Å². The number of anilines is 2. The number of fused-ring (bicyclic) bond motifs is 2. The molecule has 2 N–H and O–H groups in total. The highest BCUT2D eigenvalue weighted by molar-refractivity contribution is 5.90. The summed E-state index contributed by atoms with van der Waals surface area (Å²) >= 11 is 0. The predicted octanol–water partition coefficient (Wildman–Crippen LogP) is 4.33. The number of hydrogen-bond donors (Lipinski definition) is 2. The zero-order chi connectivity index (χ0) is 24.9. The Morgan fingerprint density at radius 3 is 2.53 bits per heavy atom. The van der Waals surface area contributed by atoms with Crippen molar-refractivity contribution < 1.29 is 14.3 Å². The van der Waals surface area contributed by atoms with E-state index in [-0.39, 0.29) is 11.9 Å². The summed E-state index contributed by atoms with van der Waals surface area (Å²) in [5.74, 6) is 3.33. The number of ether oxygens (including phenoxy) is 2. The highest BCUT2D eigenvalue weighted by Crippen LogP contribution is 2.31. The Kier molecular flexibility index (Phi) is 7.39. The smallest absolute Gasteiger partial charge is 0.225 e. The van der Waals surface area contributed by atoms with Gasteiger partial charge in [0.1, 0.15) is 19.0 Å². The predicted molar refractivity (Wildman–Crippen MR) is 142 cm³/mol. The second-order valence-electron chi connectivity index (χ2n) is 9.87. The molecule has 36 heavy (non-hydrogen) atoms. The molecule has 2 heterocycles. The molecular weight excluding hydrogens is 454 g/mol. The average molecular weight is 490 g/mol. The van der Waals surface area contributed by atoms with Crippen LogP contribution in [0.3, 0.4) is 0 Å². The van der Waals surface area contributed by atoms with Crippen LogP contribution in [0.2, 0.25) is 0 Å². The summed E-state index contributed by atoms with van der Waals surface area (Å²) < 4.78 is 11.2.